The largest absolute Gasteiger partial charge is 0.497 e. The van der Waals surface area contributed by atoms with Crippen LogP contribution in [0, 0.1) is 0 Å². The van der Waals surface area contributed by atoms with E-state index >= 15 is 0 Å². The van der Waals surface area contributed by atoms with Crippen molar-refractivity contribution >= 4 is 57.7 Å². The maximum atomic E-state index is 13.6. The lowest BCUT2D eigenvalue weighted by Crippen LogP contribution is -2.30. The van der Waals surface area contributed by atoms with Gasteiger partial charge in [0.2, 0.25) is 5.91 Å². The Kier molecular flexibility index (Phi) is 11.7. The predicted molar refractivity (Wildman–Crippen MR) is 195 cm³/mol. The minimum absolute atomic E-state index is 0.000830. The molecule has 0 radical (unpaired) electrons. The molecule has 1 unspecified atom stereocenters. The number of nitrogens with one attached hydrogen (secondary N) is 3. The second-order valence-electron chi connectivity index (χ2n) is 10.5. The molecule has 0 aliphatic heterocycles. The summed E-state index contributed by atoms with van der Waals surface area (Å²) >= 11 is 2.72. The molecule has 5 aromatic rings. The number of nitrogens with zero attached hydrogens (tertiary/aromatic N) is 1. The van der Waals surface area contributed by atoms with Crippen LogP contribution in [0.5, 0.6) is 17.2 Å². The van der Waals surface area contributed by atoms with E-state index in [1.165, 1.54) is 43.4 Å². The van der Waals surface area contributed by atoms with Gasteiger partial charge in [-0.2, -0.15) is 0 Å². The van der Waals surface area contributed by atoms with Gasteiger partial charge in [-0.25, -0.2) is 4.98 Å². The first-order valence-corrected chi connectivity index (χ1v) is 16.8. The first kappa shape index (κ1) is 34.7. The highest BCUT2D eigenvalue weighted by Crippen LogP contribution is 2.30. The second-order valence-corrected chi connectivity index (χ2v) is 12.8. The third-order valence-electron chi connectivity index (χ3n) is 7.16. The number of amides is 3. The number of rotatable bonds is 13. The van der Waals surface area contributed by atoms with Gasteiger partial charge in [0.15, 0.2) is 5.13 Å². The van der Waals surface area contributed by atoms with Crippen molar-refractivity contribution < 1.29 is 28.6 Å². The van der Waals surface area contributed by atoms with E-state index in [2.05, 4.69) is 20.9 Å². The number of methoxy groups -OCH3 is 3. The molecule has 1 atom stereocenters. The summed E-state index contributed by atoms with van der Waals surface area (Å²) in [5.74, 6) is 0.600. The molecule has 4 aromatic carbocycles. The number of thioether (sulfide) groups is 1. The van der Waals surface area contributed by atoms with Crippen molar-refractivity contribution in [2.75, 3.05) is 32.0 Å². The Labute approximate surface area is 292 Å². The Morgan fingerprint density at radius 3 is 2.27 bits per heavy atom. The Bertz CT molecular complexity index is 1960. The van der Waals surface area contributed by atoms with E-state index in [0.29, 0.717) is 33.4 Å². The minimum Gasteiger partial charge on any atom is -0.497 e. The average Bonchev–Trinajstić information content (AvgIpc) is 3.60. The van der Waals surface area contributed by atoms with Crippen molar-refractivity contribution in [2.24, 2.45) is 0 Å². The van der Waals surface area contributed by atoms with Gasteiger partial charge in [-0.15, -0.1) is 23.1 Å². The number of ether oxygens (including phenoxy) is 3. The summed E-state index contributed by atoms with van der Waals surface area (Å²) in [6.45, 7) is 1.81. The van der Waals surface area contributed by atoms with Crippen LogP contribution in [0.2, 0.25) is 0 Å². The fraction of sp³-hybridized carbons (Fsp3) is 0.135. The number of hydrogen-bond acceptors (Lipinski definition) is 9. The molecule has 0 bridgehead atoms. The highest BCUT2D eigenvalue weighted by atomic mass is 32.2. The minimum atomic E-state index is -0.543. The van der Waals surface area contributed by atoms with Gasteiger partial charge in [-0.3, -0.25) is 14.4 Å². The van der Waals surface area contributed by atoms with Crippen molar-refractivity contribution in [3.8, 4) is 28.5 Å². The SMILES string of the molecule is COc1cccc(-c2csc(NC(=O)C(C)Sc3ccc(NC(=O)/C(=C/c4cc(OC)ccc4OC)NC(=O)c4ccccc4)cc3)n2)c1. The van der Waals surface area contributed by atoms with Crippen molar-refractivity contribution in [1.82, 2.24) is 10.3 Å². The van der Waals surface area contributed by atoms with Crippen LogP contribution in [0.4, 0.5) is 10.8 Å². The van der Waals surface area contributed by atoms with Crippen LogP contribution in [0.25, 0.3) is 17.3 Å². The lowest BCUT2D eigenvalue weighted by Gasteiger charge is -2.14. The van der Waals surface area contributed by atoms with Crippen LogP contribution in [0.3, 0.4) is 0 Å². The molecule has 1 heterocycles. The van der Waals surface area contributed by atoms with Crippen LogP contribution < -0.4 is 30.2 Å². The zero-order valence-corrected chi connectivity index (χ0v) is 28.8. The van der Waals surface area contributed by atoms with E-state index in [1.807, 2.05) is 48.7 Å². The molecule has 3 amide bonds. The molecular formula is C37H34N4O6S2. The fourth-order valence-electron chi connectivity index (χ4n) is 4.58. The van der Waals surface area contributed by atoms with E-state index in [4.69, 9.17) is 14.2 Å². The molecular weight excluding hydrogens is 661 g/mol. The molecule has 5 rings (SSSR count). The van der Waals surface area contributed by atoms with Gasteiger partial charge in [-0.05, 0) is 79.7 Å². The van der Waals surface area contributed by atoms with Crippen LogP contribution in [-0.2, 0) is 9.59 Å². The molecule has 0 saturated heterocycles. The molecule has 0 aliphatic carbocycles. The summed E-state index contributed by atoms with van der Waals surface area (Å²) in [7, 11) is 4.67. The summed E-state index contributed by atoms with van der Waals surface area (Å²) < 4.78 is 16.1. The van der Waals surface area contributed by atoms with Crippen molar-refractivity contribution in [1.29, 1.82) is 0 Å². The smallest absolute Gasteiger partial charge is 0.272 e. The Hall–Kier alpha value is -5.59. The van der Waals surface area contributed by atoms with Gasteiger partial charge in [-0.1, -0.05) is 30.3 Å². The number of thiazole rings is 1. The first-order chi connectivity index (χ1) is 23.8. The van der Waals surface area contributed by atoms with Gasteiger partial charge in [0.05, 0.1) is 32.3 Å². The van der Waals surface area contributed by atoms with Crippen molar-refractivity contribution in [3.05, 3.63) is 119 Å². The maximum absolute atomic E-state index is 13.6. The molecule has 49 heavy (non-hydrogen) atoms. The summed E-state index contributed by atoms with van der Waals surface area (Å²) in [6.07, 6.45) is 1.53. The molecule has 0 saturated carbocycles. The van der Waals surface area contributed by atoms with Gasteiger partial charge >= 0.3 is 0 Å². The topological polar surface area (TPSA) is 128 Å². The lowest BCUT2D eigenvalue weighted by molar-refractivity contribution is -0.115. The molecule has 250 valence electrons. The molecule has 0 fully saturated rings. The summed E-state index contributed by atoms with van der Waals surface area (Å²) in [6, 6.07) is 28.4. The Morgan fingerprint density at radius 2 is 1.55 bits per heavy atom. The molecule has 0 aliphatic rings. The van der Waals surface area contributed by atoms with Gasteiger partial charge in [0.1, 0.15) is 22.9 Å². The molecule has 10 nitrogen and oxygen atoms in total. The maximum Gasteiger partial charge on any atom is 0.272 e. The summed E-state index contributed by atoms with van der Waals surface area (Å²) in [5, 5.41) is 10.4. The first-order valence-electron chi connectivity index (χ1n) is 15.0. The standard InChI is InChI=1S/C37H34N4O6S2/c1-23(34(42)41-37-40-32(22-48-37)25-11-8-12-28(19-25)45-2)49-30-16-13-27(14-17-30)38-36(44)31(39-35(43)24-9-6-5-7-10-24)21-26-20-29(46-3)15-18-33(26)47-4/h5-23H,1-4H3,(H,38,44)(H,39,43)(H,40,41,42)/b31-21-. The zero-order chi connectivity index (χ0) is 34.8. The summed E-state index contributed by atoms with van der Waals surface area (Å²) in [5.41, 5.74) is 3.07. The third kappa shape index (κ3) is 9.28. The number of carbonyl (C=O) groups excluding carboxylic acids is 3. The van der Waals surface area contributed by atoms with Crippen molar-refractivity contribution in [3.63, 3.8) is 0 Å². The zero-order valence-electron chi connectivity index (χ0n) is 27.2. The molecule has 1 aromatic heterocycles. The van der Waals surface area contributed by atoms with Crippen molar-refractivity contribution in [2.45, 2.75) is 17.1 Å². The number of aromatic nitrogens is 1. The van der Waals surface area contributed by atoms with E-state index in [-0.39, 0.29) is 11.6 Å². The highest BCUT2D eigenvalue weighted by molar-refractivity contribution is 8.00. The Morgan fingerprint density at radius 1 is 0.816 bits per heavy atom. The number of anilines is 2. The number of hydrogen-bond donors (Lipinski definition) is 3. The normalized spacial score (nSPS) is 11.6. The third-order valence-corrected chi connectivity index (χ3v) is 9.03. The molecule has 0 spiro atoms. The monoisotopic (exact) mass is 694 g/mol. The van der Waals surface area contributed by atoms with E-state index < -0.39 is 17.1 Å². The lowest BCUT2D eigenvalue weighted by atomic mass is 10.1. The van der Waals surface area contributed by atoms with Gasteiger partial charge in [0, 0.05) is 32.7 Å². The quantitative estimate of drug-likeness (QED) is 0.0862. The van der Waals surface area contributed by atoms with E-state index in [9.17, 15) is 14.4 Å². The van der Waals surface area contributed by atoms with Gasteiger partial charge < -0.3 is 30.2 Å². The van der Waals surface area contributed by atoms with Crippen LogP contribution >= 0.6 is 23.1 Å². The Balaban J connectivity index is 1.25. The molecule has 3 N–H and O–H groups in total. The second kappa shape index (κ2) is 16.5. The predicted octanol–water partition coefficient (Wildman–Crippen LogP) is 7.36. The average molecular weight is 695 g/mol. The highest BCUT2D eigenvalue weighted by Gasteiger charge is 2.19. The molecule has 12 heteroatoms. The summed E-state index contributed by atoms with van der Waals surface area (Å²) in [4.78, 5) is 45.0. The number of benzene rings is 4. The van der Waals surface area contributed by atoms with Crippen LogP contribution in [0.1, 0.15) is 22.8 Å². The number of carbonyl (C=O) groups is 3. The van der Waals surface area contributed by atoms with Crippen LogP contribution in [0.15, 0.2) is 113 Å². The van der Waals surface area contributed by atoms with Gasteiger partial charge in [0.25, 0.3) is 11.8 Å². The van der Waals surface area contributed by atoms with E-state index in [1.54, 1.807) is 67.8 Å². The van der Waals surface area contributed by atoms with Crippen LogP contribution in [-0.4, -0.2) is 49.3 Å². The fourth-order valence-corrected chi connectivity index (χ4v) is 6.17. The van der Waals surface area contributed by atoms with E-state index in [0.717, 1.165) is 21.9 Å².